The Hall–Kier alpha value is -1.25. The number of allylic oxidation sites excluding steroid dienone is 2. The smallest absolute Gasteiger partial charge is 0.239 e. The lowest BCUT2D eigenvalue weighted by Gasteiger charge is -2.11. The van der Waals surface area contributed by atoms with Crippen molar-refractivity contribution < 1.29 is 4.74 Å². The molecular weight excluding hydrogens is 164 g/mol. The van der Waals surface area contributed by atoms with Gasteiger partial charge in [0.2, 0.25) is 5.90 Å². The highest BCUT2D eigenvalue weighted by atomic mass is 16.5. The van der Waals surface area contributed by atoms with Crippen LogP contribution in [0.3, 0.4) is 0 Å². The van der Waals surface area contributed by atoms with Crippen LogP contribution in [-0.2, 0) is 4.74 Å². The monoisotopic (exact) mass is 178 g/mol. The van der Waals surface area contributed by atoms with Crippen molar-refractivity contribution in [2.45, 2.75) is 26.5 Å². The summed E-state index contributed by atoms with van der Waals surface area (Å²) in [6.45, 7) is 4.13. The molecule has 1 N–H and O–H groups in total. The lowest BCUT2D eigenvalue weighted by Crippen LogP contribution is -2.17. The number of rotatable bonds is 1. The molecule has 13 heavy (non-hydrogen) atoms. The number of nitrogens with zero attached hydrogens (tertiary/aromatic N) is 1. The fourth-order valence-corrected chi connectivity index (χ4v) is 1.48. The van der Waals surface area contributed by atoms with Crippen molar-refractivity contribution in [3.63, 3.8) is 0 Å². The Kier molecular flexibility index (Phi) is 2.08. The van der Waals surface area contributed by atoms with E-state index in [4.69, 9.17) is 4.74 Å². The first-order valence-electron chi connectivity index (χ1n) is 4.64. The number of hydrogen-bond donors (Lipinski definition) is 1. The van der Waals surface area contributed by atoms with Crippen LogP contribution in [-0.4, -0.2) is 12.1 Å². The first kappa shape index (κ1) is 8.35. The van der Waals surface area contributed by atoms with Crippen molar-refractivity contribution in [2.24, 2.45) is 11.0 Å². The summed E-state index contributed by atoms with van der Waals surface area (Å²) in [6, 6.07) is 0. The maximum absolute atomic E-state index is 5.47. The van der Waals surface area contributed by atoms with E-state index in [9.17, 15) is 0 Å². The molecule has 0 aromatic carbocycles. The Morgan fingerprint density at radius 1 is 1.54 bits per heavy atom. The summed E-state index contributed by atoms with van der Waals surface area (Å²) in [5.41, 5.74) is 3.97. The zero-order valence-electron chi connectivity index (χ0n) is 7.95. The van der Waals surface area contributed by atoms with E-state index in [1.807, 2.05) is 6.92 Å². The van der Waals surface area contributed by atoms with Gasteiger partial charge in [-0.25, -0.2) is 0 Å². The van der Waals surface area contributed by atoms with Gasteiger partial charge in [-0.1, -0.05) is 25.2 Å². The average molecular weight is 178 g/mol. The van der Waals surface area contributed by atoms with Gasteiger partial charge in [-0.3, -0.25) is 5.43 Å². The van der Waals surface area contributed by atoms with Gasteiger partial charge in [0.05, 0.1) is 0 Å². The van der Waals surface area contributed by atoms with Gasteiger partial charge in [0.15, 0.2) is 6.23 Å². The molecule has 2 atom stereocenters. The molecule has 1 heterocycles. The molecule has 1 aliphatic heterocycles. The molecule has 2 rings (SSSR count). The third-order valence-corrected chi connectivity index (χ3v) is 2.15. The van der Waals surface area contributed by atoms with Crippen molar-refractivity contribution >= 4 is 5.90 Å². The molecule has 2 aliphatic rings. The second-order valence-electron chi connectivity index (χ2n) is 3.54. The van der Waals surface area contributed by atoms with E-state index in [0.717, 1.165) is 17.9 Å². The quantitative estimate of drug-likeness (QED) is 0.664. The molecule has 0 aromatic heterocycles. The highest BCUT2D eigenvalue weighted by Gasteiger charge is 2.18. The summed E-state index contributed by atoms with van der Waals surface area (Å²) >= 11 is 0. The molecule has 0 aromatic rings. The standard InChI is InChI=1S/C10H14N2O/c1-7-4-3-5-9(6-7)10-12-11-8(2)13-10/h3,5-8,11H,4H2,1-2H3. The van der Waals surface area contributed by atoms with Crippen LogP contribution >= 0.6 is 0 Å². The van der Waals surface area contributed by atoms with Gasteiger partial charge in [0, 0.05) is 5.57 Å². The van der Waals surface area contributed by atoms with Gasteiger partial charge in [0.1, 0.15) is 0 Å². The van der Waals surface area contributed by atoms with E-state index in [-0.39, 0.29) is 6.23 Å². The van der Waals surface area contributed by atoms with Gasteiger partial charge in [-0.2, -0.15) is 0 Å². The maximum Gasteiger partial charge on any atom is 0.239 e. The van der Waals surface area contributed by atoms with Gasteiger partial charge in [-0.15, -0.1) is 5.10 Å². The summed E-state index contributed by atoms with van der Waals surface area (Å²) in [6.07, 6.45) is 7.53. The van der Waals surface area contributed by atoms with E-state index in [1.54, 1.807) is 0 Å². The minimum absolute atomic E-state index is 0.00142. The second kappa shape index (κ2) is 3.24. The van der Waals surface area contributed by atoms with Crippen molar-refractivity contribution in [1.82, 2.24) is 5.43 Å². The molecule has 0 bridgehead atoms. The molecule has 0 saturated carbocycles. The van der Waals surface area contributed by atoms with E-state index < -0.39 is 0 Å². The minimum atomic E-state index is 0.00142. The fourth-order valence-electron chi connectivity index (χ4n) is 1.48. The average Bonchev–Trinajstić information content (AvgIpc) is 2.52. The molecule has 1 aliphatic carbocycles. The molecule has 0 spiro atoms. The minimum Gasteiger partial charge on any atom is -0.451 e. The van der Waals surface area contributed by atoms with Crippen LogP contribution < -0.4 is 5.43 Å². The second-order valence-corrected chi connectivity index (χ2v) is 3.54. The SMILES string of the molecule is CC1C=C(C2=NNC(C)O2)C=CC1. The lowest BCUT2D eigenvalue weighted by molar-refractivity contribution is 0.209. The van der Waals surface area contributed by atoms with Crippen LogP contribution in [0.5, 0.6) is 0 Å². The molecule has 0 saturated heterocycles. The molecule has 70 valence electrons. The van der Waals surface area contributed by atoms with Gasteiger partial charge in [-0.05, 0) is 19.3 Å². The van der Waals surface area contributed by atoms with Crippen LogP contribution in [0.2, 0.25) is 0 Å². The van der Waals surface area contributed by atoms with E-state index in [2.05, 4.69) is 35.7 Å². The maximum atomic E-state index is 5.47. The largest absolute Gasteiger partial charge is 0.451 e. The Morgan fingerprint density at radius 2 is 2.38 bits per heavy atom. The first-order chi connectivity index (χ1) is 6.25. The molecule has 0 fully saturated rings. The Morgan fingerprint density at radius 3 is 3.00 bits per heavy atom. The van der Waals surface area contributed by atoms with E-state index >= 15 is 0 Å². The lowest BCUT2D eigenvalue weighted by atomic mass is 9.98. The summed E-state index contributed by atoms with van der Waals surface area (Å²) in [5.74, 6) is 1.30. The normalized spacial score (nSPS) is 31.8. The molecule has 3 nitrogen and oxygen atoms in total. The number of hydrogen-bond acceptors (Lipinski definition) is 3. The topological polar surface area (TPSA) is 33.6 Å². The van der Waals surface area contributed by atoms with Gasteiger partial charge in [0.25, 0.3) is 0 Å². The zero-order valence-corrected chi connectivity index (χ0v) is 7.95. The Balaban J connectivity index is 2.13. The highest BCUT2D eigenvalue weighted by Crippen LogP contribution is 2.19. The summed E-state index contributed by atoms with van der Waals surface area (Å²) in [7, 11) is 0. The fraction of sp³-hybridized carbons (Fsp3) is 0.500. The third-order valence-electron chi connectivity index (χ3n) is 2.15. The first-order valence-corrected chi connectivity index (χ1v) is 4.64. The predicted octanol–water partition coefficient (Wildman–Crippen LogP) is 1.79. The van der Waals surface area contributed by atoms with Crippen molar-refractivity contribution in [3.05, 3.63) is 23.8 Å². The number of nitrogens with one attached hydrogen (secondary N) is 1. The van der Waals surface area contributed by atoms with Crippen molar-refractivity contribution in [1.29, 1.82) is 0 Å². The molecule has 0 radical (unpaired) electrons. The number of hydrazone groups is 1. The van der Waals surface area contributed by atoms with Crippen molar-refractivity contribution in [2.75, 3.05) is 0 Å². The summed E-state index contributed by atoms with van der Waals surface area (Å²) in [5, 5.41) is 4.10. The predicted molar refractivity (Wildman–Crippen MR) is 52.1 cm³/mol. The highest BCUT2D eigenvalue weighted by molar-refractivity contribution is 5.97. The third kappa shape index (κ3) is 1.74. The van der Waals surface area contributed by atoms with Crippen LogP contribution in [0.1, 0.15) is 20.3 Å². The van der Waals surface area contributed by atoms with E-state index in [1.165, 1.54) is 0 Å². The molecular formula is C10H14N2O. The molecule has 0 amide bonds. The van der Waals surface area contributed by atoms with Crippen LogP contribution in [0.4, 0.5) is 0 Å². The zero-order chi connectivity index (χ0) is 9.26. The van der Waals surface area contributed by atoms with Crippen LogP contribution in [0.25, 0.3) is 0 Å². The van der Waals surface area contributed by atoms with Crippen molar-refractivity contribution in [3.8, 4) is 0 Å². The Labute approximate surface area is 78.2 Å². The van der Waals surface area contributed by atoms with Crippen LogP contribution in [0.15, 0.2) is 28.9 Å². The van der Waals surface area contributed by atoms with Crippen LogP contribution in [0, 0.1) is 5.92 Å². The van der Waals surface area contributed by atoms with Gasteiger partial charge < -0.3 is 4.74 Å². The number of ether oxygens (including phenoxy) is 1. The van der Waals surface area contributed by atoms with E-state index in [0.29, 0.717) is 5.92 Å². The molecule has 3 heteroatoms. The van der Waals surface area contributed by atoms with Gasteiger partial charge >= 0.3 is 0 Å². The summed E-state index contributed by atoms with van der Waals surface area (Å²) in [4.78, 5) is 0. The Bertz CT molecular complexity index is 291. The molecule has 2 unspecified atom stereocenters. The summed E-state index contributed by atoms with van der Waals surface area (Å²) < 4.78 is 5.47.